The number of benzene rings is 2. The van der Waals surface area contributed by atoms with Gasteiger partial charge in [-0.15, -0.1) is 24.0 Å². The summed E-state index contributed by atoms with van der Waals surface area (Å²) in [5, 5.41) is 3.14. The number of nitrogens with zero attached hydrogens (tertiary/aromatic N) is 2. The van der Waals surface area contributed by atoms with Crippen LogP contribution in [-0.2, 0) is 13.1 Å². The quantitative estimate of drug-likeness (QED) is 0.389. The Bertz CT molecular complexity index is 706. The Labute approximate surface area is 173 Å². The lowest BCUT2D eigenvalue weighted by Gasteiger charge is -2.26. The Morgan fingerprint density at radius 1 is 1.04 bits per heavy atom. The maximum Gasteiger partial charge on any atom is 0.193 e. The maximum absolute atomic E-state index is 5.99. The number of halogens is 1. The molecule has 0 aliphatic carbocycles. The molecular weight excluding hydrogens is 435 g/mol. The first-order valence-corrected chi connectivity index (χ1v) is 9.13. The number of guanidine groups is 1. The lowest BCUT2D eigenvalue weighted by Crippen LogP contribution is -2.29. The van der Waals surface area contributed by atoms with Crippen LogP contribution in [0, 0.1) is 6.92 Å². The minimum Gasteiger partial charge on any atom is -0.370 e. The second-order valence-corrected chi connectivity index (χ2v) is 6.85. The molecule has 2 aromatic rings. The van der Waals surface area contributed by atoms with Gasteiger partial charge in [-0.2, -0.15) is 0 Å². The standard InChI is InChI=1S/C21H28N4.HI/c1-17-6-5-7-20(14-17)24-21(22)23-15-18-8-10-19(11-9-18)16-25-12-3-2-4-13-25;/h5-11,14H,2-4,12-13,15-16H2,1H3,(H3,22,23,24);1H. The zero-order valence-corrected chi connectivity index (χ0v) is 17.8. The van der Waals surface area contributed by atoms with Gasteiger partial charge in [0.1, 0.15) is 0 Å². The average molecular weight is 464 g/mol. The van der Waals surface area contributed by atoms with Gasteiger partial charge in [0.05, 0.1) is 6.54 Å². The van der Waals surface area contributed by atoms with Crippen LogP contribution < -0.4 is 11.1 Å². The fraction of sp³-hybridized carbons (Fsp3) is 0.381. The van der Waals surface area contributed by atoms with Crippen molar-refractivity contribution in [2.24, 2.45) is 10.7 Å². The van der Waals surface area contributed by atoms with Crippen molar-refractivity contribution in [1.82, 2.24) is 4.90 Å². The third kappa shape index (κ3) is 6.61. The van der Waals surface area contributed by atoms with Crippen molar-refractivity contribution in [3.8, 4) is 0 Å². The summed E-state index contributed by atoms with van der Waals surface area (Å²) in [7, 11) is 0. The molecular formula is C21H29IN4. The number of piperidine rings is 1. The third-order valence-electron chi connectivity index (χ3n) is 4.60. The number of likely N-dealkylation sites (tertiary alicyclic amines) is 1. The van der Waals surface area contributed by atoms with Gasteiger partial charge < -0.3 is 11.1 Å². The molecule has 5 heteroatoms. The minimum atomic E-state index is 0. The summed E-state index contributed by atoms with van der Waals surface area (Å²) in [4.78, 5) is 6.98. The number of rotatable bonds is 5. The molecule has 0 radical (unpaired) electrons. The molecule has 1 fully saturated rings. The summed E-state index contributed by atoms with van der Waals surface area (Å²) in [6.45, 7) is 6.17. The molecule has 3 rings (SSSR count). The molecule has 1 saturated heterocycles. The van der Waals surface area contributed by atoms with Crippen molar-refractivity contribution in [2.75, 3.05) is 18.4 Å². The van der Waals surface area contributed by atoms with Crippen molar-refractivity contribution < 1.29 is 0 Å². The number of nitrogens with two attached hydrogens (primary N) is 1. The van der Waals surface area contributed by atoms with Crippen LogP contribution in [0.4, 0.5) is 5.69 Å². The first-order chi connectivity index (χ1) is 12.2. The van der Waals surface area contributed by atoms with E-state index >= 15 is 0 Å². The van der Waals surface area contributed by atoms with Crippen molar-refractivity contribution in [2.45, 2.75) is 39.3 Å². The van der Waals surface area contributed by atoms with Gasteiger partial charge in [0, 0.05) is 12.2 Å². The topological polar surface area (TPSA) is 53.6 Å². The van der Waals surface area contributed by atoms with Crippen LogP contribution in [-0.4, -0.2) is 23.9 Å². The smallest absolute Gasteiger partial charge is 0.193 e. The van der Waals surface area contributed by atoms with E-state index in [0.29, 0.717) is 12.5 Å². The van der Waals surface area contributed by atoms with Gasteiger partial charge in [0.2, 0.25) is 0 Å². The van der Waals surface area contributed by atoms with Crippen molar-refractivity contribution >= 4 is 35.6 Å². The molecule has 0 spiro atoms. The molecule has 0 unspecified atom stereocenters. The largest absolute Gasteiger partial charge is 0.370 e. The van der Waals surface area contributed by atoms with E-state index in [2.05, 4.69) is 58.5 Å². The molecule has 26 heavy (non-hydrogen) atoms. The minimum absolute atomic E-state index is 0. The van der Waals surface area contributed by atoms with E-state index in [4.69, 9.17) is 5.73 Å². The highest BCUT2D eigenvalue weighted by Crippen LogP contribution is 2.14. The fourth-order valence-electron chi connectivity index (χ4n) is 3.21. The van der Waals surface area contributed by atoms with Gasteiger partial charge in [-0.3, -0.25) is 4.90 Å². The number of hydrogen-bond acceptors (Lipinski definition) is 2. The fourth-order valence-corrected chi connectivity index (χ4v) is 3.21. The van der Waals surface area contributed by atoms with E-state index in [1.807, 2.05) is 12.1 Å². The van der Waals surface area contributed by atoms with Crippen LogP contribution in [0.3, 0.4) is 0 Å². The number of nitrogens with one attached hydrogen (secondary N) is 1. The summed E-state index contributed by atoms with van der Waals surface area (Å²) < 4.78 is 0. The summed E-state index contributed by atoms with van der Waals surface area (Å²) in [5.41, 5.74) is 10.7. The summed E-state index contributed by atoms with van der Waals surface area (Å²) in [6, 6.07) is 16.8. The van der Waals surface area contributed by atoms with Crippen LogP contribution in [0.5, 0.6) is 0 Å². The molecule has 0 bridgehead atoms. The maximum atomic E-state index is 5.99. The Kier molecular flexibility index (Phi) is 8.38. The molecule has 4 nitrogen and oxygen atoms in total. The van der Waals surface area contributed by atoms with Crippen LogP contribution in [0.15, 0.2) is 53.5 Å². The molecule has 1 aliphatic rings. The number of aliphatic imine (C=N–C) groups is 1. The summed E-state index contributed by atoms with van der Waals surface area (Å²) in [6.07, 6.45) is 4.05. The van der Waals surface area contributed by atoms with E-state index in [9.17, 15) is 0 Å². The Morgan fingerprint density at radius 3 is 2.42 bits per heavy atom. The summed E-state index contributed by atoms with van der Waals surface area (Å²) >= 11 is 0. The van der Waals surface area contributed by atoms with E-state index in [1.165, 1.54) is 49.0 Å². The SMILES string of the molecule is Cc1cccc(NC(N)=NCc2ccc(CN3CCCCC3)cc2)c1.I. The lowest BCUT2D eigenvalue weighted by atomic mass is 10.1. The molecule has 1 heterocycles. The number of aryl methyl sites for hydroxylation is 1. The van der Waals surface area contributed by atoms with E-state index in [-0.39, 0.29) is 24.0 Å². The zero-order valence-electron chi connectivity index (χ0n) is 15.4. The number of anilines is 1. The first kappa shape index (κ1) is 20.7. The second-order valence-electron chi connectivity index (χ2n) is 6.85. The molecule has 0 atom stereocenters. The van der Waals surface area contributed by atoms with Gasteiger partial charge in [-0.05, 0) is 61.7 Å². The Balaban J connectivity index is 0.00000243. The molecule has 0 saturated carbocycles. The van der Waals surface area contributed by atoms with Gasteiger partial charge in [-0.25, -0.2) is 4.99 Å². The average Bonchev–Trinajstić information content (AvgIpc) is 2.62. The molecule has 1 aliphatic heterocycles. The van der Waals surface area contributed by atoms with Crippen LogP contribution >= 0.6 is 24.0 Å². The van der Waals surface area contributed by atoms with E-state index < -0.39 is 0 Å². The first-order valence-electron chi connectivity index (χ1n) is 9.13. The molecule has 0 amide bonds. The van der Waals surface area contributed by atoms with Crippen molar-refractivity contribution in [1.29, 1.82) is 0 Å². The van der Waals surface area contributed by atoms with Crippen LogP contribution in [0.1, 0.15) is 36.0 Å². The van der Waals surface area contributed by atoms with Gasteiger partial charge in [-0.1, -0.05) is 42.8 Å². The van der Waals surface area contributed by atoms with Crippen LogP contribution in [0.25, 0.3) is 0 Å². The molecule has 0 aromatic heterocycles. The van der Waals surface area contributed by atoms with E-state index in [0.717, 1.165) is 12.2 Å². The normalized spacial score (nSPS) is 15.3. The lowest BCUT2D eigenvalue weighted by molar-refractivity contribution is 0.221. The highest BCUT2D eigenvalue weighted by atomic mass is 127. The van der Waals surface area contributed by atoms with Crippen molar-refractivity contribution in [3.63, 3.8) is 0 Å². The highest BCUT2D eigenvalue weighted by Gasteiger charge is 2.10. The predicted molar refractivity (Wildman–Crippen MR) is 121 cm³/mol. The van der Waals surface area contributed by atoms with Gasteiger partial charge in [0.25, 0.3) is 0 Å². The Hall–Kier alpha value is -1.60. The van der Waals surface area contributed by atoms with Crippen LogP contribution in [0.2, 0.25) is 0 Å². The van der Waals surface area contributed by atoms with Gasteiger partial charge >= 0.3 is 0 Å². The predicted octanol–water partition coefficient (Wildman–Crippen LogP) is 4.53. The highest BCUT2D eigenvalue weighted by molar-refractivity contribution is 14.0. The third-order valence-corrected chi connectivity index (χ3v) is 4.60. The summed E-state index contributed by atoms with van der Waals surface area (Å²) in [5.74, 6) is 0.447. The second kappa shape index (κ2) is 10.5. The molecule has 3 N–H and O–H groups in total. The van der Waals surface area contributed by atoms with Gasteiger partial charge in [0.15, 0.2) is 5.96 Å². The zero-order chi connectivity index (χ0) is 17.5. The molecule has 2 aromatic carbocycles. The number of hydrogen-bond donors (Lipinski definition) is 2. The monoisotopic (exact) mass is 464 g/mol. The molecule has 140 valence electrons. The van der Waals surface area contributed by atoms with Crippen molar-refractivity contribution in [3.05, 3.63) is 65.2 Å². The van der Waals surface area contributed by atoms with E-state index in [1.54, 1.807) is 0 Å². The Morgan fingerprint density at radius 2 is 1.73 bits per heavy atom.